The molecule has 0 aliphatic rings. The van der Waals surface area contributed by atoms with Crippen molar-refractivity contribution in [3.8, 4) is 6.07 Å². The molecule has 0 heterocycles. The van der Waals surface area contributed by atoms with Gasteiger partial charge in [-0.25, -0.2) is 0 Å². The maximum Gasteiger partial charge on any atom is 0.320 e. The first-order valence-corrected chi connectivity index (χ1v) is 5.25. The van der Waals surface area contributed by atoms with Crippen molar-refractivity contribution in [2.24, 2.45) is 0 Å². The number of hydrogen-bond acceptors (Lipinski definition) is 4. The van der Waals surface area contributed by atoms with E-state index in [2.05, 4.69) is 11.4 Å². The number of ether oxygens (including phenoxy) is 1. The molecule has 0 aliphatic heterocycles. The normalized spacial score (nSPS) is 10.8. The summed E-state index contributed by atoms with van der Waals surface area (Å²) in [6, 6.07) is 2.08. The molecule has 0 aromatic carbocycles. The van der Waals surface area contributed by atoms with E-state index >= 15 is 0 Å². The molecular formula is C11H20N2O2. The van der Waals surface area contributed by atoms with Crippen molar-refractivity contribution < 1.29 is 9.53 Å². The minimum atomic E-state index is -0.417. The SMILES string of the molecule is CC(C)(C)OC(=O)CNCCCCC#N. The van der Waals surface area contributed by atoms with Crippen molar-refractivity contribution in [2.45, 2.75) is 45.6 Å². The number of rotatable bonds is 6. The van der Waals surface area contributed by atoms with Crippen LogP contribution >= 0.6 is 0 Å². The van der Waals surface area contributed by atoms with Crippen molar-refractivity contribution in [1.82, 2.24) is 5.32 Å². The van der Waals surface area contributed by atoms with E-state index in [9.17, 15) is 4.79 Å². The van der Waals surface area contributed by atoms with Crippen LogP contribution in [-0.2, 0) is 9.53 Å². The molecule has 4 heteroatoms. The molecule has 0 aromatic heterocycles. The van der Waals surface area contributed by atoms with Crippen molar-refractivity contribution in [1.29, 1.82) is 5.26 Å². The maximum atomic E-state index is 11.2. The summed E-state index contributed by atoms with van der Waals surface area (Å²) < 4.78 is 5.11. The third-order valence-electron chi connectivity index (χ3n) is 1.58. The van der Waals surface area contributed by atoms with Crippen molar-refractivity contribution >= 4 is 5.97 Å². The molecule has 0 saturated carbocycles. The van der Waals surface area contributed by atoms with Gasteiger partial charge in [-0.05, 0) is 40.2 Å². The van der Waals surface area contributed by atoms with Gasteiger partial charge >= 0.3 is 5.97 Å². The summed E-state index contributed by atoms with van der Waals surface area (Å²) in [5.41, 5.74) is -0.417. The molecule has 0 atom stereocenters. The Hall–Kier alpha value is -1.08. The topological polar surface area (TPSA) is 62.1 Å². The highest BCUT2D eigenvalue weighted by molar-refractivity contribution is 5.72. The average molecular weight is 212 g/mol. The van der Waals surface area contributed by atoms with Crippen LogP contribution in [0.15, 0.2) is 0 Å². The van der Waals surface area contributed by atoms with Crippen molar-refractivity contribution in [3.05, 3.63) is 0 Å². The Balaban J connectivity index is 3.37. The fourth-order valence-corrected chi connectivity index (χ4v) is 1.02. The summed E-state index contributed by atoms with van der Waals surface area (Å²) in [5.74, 6) is -0.234. The Morgan fingerprint density at radius 3 is 2.60 bits per heavy atom. The highest BCUT2D eigenvalue weighted by atomic mass is 16.6. The second kappa shape index (κ2) is 7.24. The fourth-order valence-electron chi connectivity index (χ4n) is 1.02. The third-order valence-corrected chi connectivity index (χ3v) is 1.58. The van der Waals surface area contributed by atoms with Crippen LogP contribution in [0.3, 0.4) is 0 Å². The van der Waals surface area contributed by atoms with Crippen molar-refractivity contribution in [3.63, 3.8) is 0 Å². The minimum Gasteiger partial charge on any atom is -0.459 e. The quantitative estimate of drug-likeness (QED) is 0.536. The van der Waals surface area contributed by atoms with Crippen molar-refractivity contribution in [2.75, 3.05) is 13.1 Å². The molecule has 15 heavy (non-hydrogen) atoms. The molecule has 0 aromatic rings. The van der Waals surface area contributed by atoms with Crippen LogP contribution in [0.25, 0.3) is 0 Å². The Morgan fingerprint density at radius 2 is 2.07 bits per heavy atom. The van der Waals surface area contributed by atoms with Crippen LogP contribution in [0.4, 0.5) is 0 Å². The second-order valence-electron chi connectivity index (χ2n) is 4.38. The van der Waals surface area contributed by atoms with Crippen LogP contribution in [-0.4, -0.2) is 24.7 Å². The van der Waals surface area contributed by atoms with Gasteiger partial charge in [0.15, 0.2) is 0 Å². The van der Waals surface area contributed by atoms with E-state index in [1.807, 2.05) is 20.8 Å². The first kappa shape index (κ1) is 13.9. The smallest absolute Gasteiger partial charge is 0.320 e. The summed E-state index contributed by atoms with van der Waals surface area (Å²) in [6.45, 7) is 6.53. The number of unbranched alkanes of at least 4 members (excludes halogenated alkanes) is 2. The van der Waals surface area contributed by atoms with Crippen LogP contribution in [0.2, 0.25) is 0 Å². The molecule has 0 amide bonds. The highest BCUT2D eigenvalue weighted by Gasteiger charge is 2.15. The predicted molar refractivity (Wildman–Crippen MR) is 58.2 cm³/mol. The van der Waals surface area contributed by atoms with Gasteiger partial charge in [-0.15, -0.1) is 0 Å². The molecule has 0 bridgehead atoms. The lowest BCUT2D eigenvalue weighted by molar-refractivity contribution is -0.153. The highest BCUT2D eigenvalue weighted by Crippen LogP contribution is 2.06. The second-order valence-corrected chi connectivity index (χ2v) is 4.38. The van der Waals surface area contributed by atoms with Gasteiger partial charge in [0.2, 0.25) is 0 Å². The molecule has 0 saturated heterocycles. The molecule has 4 nitrogen and oxygen atoms in total. The van der Waals surface area contributed by atoms with Gasteiger partial charge < -0.3 is 10.1 Å². The van der Waals surface area contributed by atoms with E-state index in [0.717, 1.165) is 19.4 Å². The molecule has 0 unspecified atom stereocenters. The maximum absolute atomic E-state index is 11.2. The largest absolute Gasteiger partial charge is 0.459 e. The fraction of sp³-hybridized carbons (Fsp3) is 0.818. The van der Waals surface area contributed by atoms with Crippen LogP contribution in [0.5, 0.6) is 0 Å². The zero-order valence-corrected chi connectivity index (χ0v) is 9.80. The zero-order chi connectivity index (χ0) is 11.7. The molecular weight excluding hydrogens is 192 g/mol. The van der Waals surface area contributed by atoms with E-state index in [0.29, 0.717) is 6.42 Å². The molecule has 0 aliphatic carbocycles. The number of carbonyl (C=O) groups excluding carboxylic acids is 1. The Labute approximate surface area is 91.6 Å². The van der Waals surface area contributed by atoms with Crippen LogP contribution in [0, 0.1) is 11.3 Å². The number of nitrogens with one attached hydrogen (secondary N) is 1. The average Bonchev–Trinajstić information content (AvgIpc) is 2.08. The molecule has 0 rings (SSSR count). The van der Waals surface area contributed by atoms with E-state index in [-0.39, 0.29) is 12.5 Å². The van der Waals surface area contributed by atoms with E-state index in [1.54, 1.807) is 0 Å². The van der Waals surface area contributed by atoms with Gasteiger partial charge in [0.25, 0.3) is 0 Å². The summed E-state index contributed by atoms with van der Waals surface area (Å²) >= 11 is 0. The third kappa shape index (κ3) is 10.8. The standard InChI is InChI=1S/C11H20N2O2/c1-11(2,3)15-10(14)9-13-8-6-4-5-7-12/h13H,4-6,8-9H2,1-3H3. The summed E-state index contributed by atoms with van der Waals surface area (Å²) in [6.07, 6.45) is 2.36. The van der Waals surface area contributed by atoms with E-state index in [4.69, 9.17) is 10.00 Å². The summed E-state index contributed by atoms with van der Waals surface area (Å²) in [7, 11) is 0. The molecule has 86 valence electrons. The first-order chi connectivity index (χ1) is 6.95. The number of esters is 1. The number of carbonyl (C=O) groups is 1. The summed E-state index contributed by atoms with van der Waals surface area (Å²) in [4.78, 5) is 11.2. The molecule has 1 N–H and O–H groups in total. The number of nitrogens with zero attached hydrogens (tertiary/aromatic N) is 1. The first-order valence-electron chi connectivity index (χ1n) is 5.25. The lowest BCUT2D eigenvalue weighted by Crippen LogP contribution is -2.31. The Bertz CT molecular complexity index is 226. The Kier molecular flexibility index (Phi) is 6.72. The van der Waals surface area contributed by atoms with Gasteiger partial charge in [-0.1, -0.05) is 0 Å². The molecule has 0 spiro atoms. The van der Waals surface area contributed by atoms with Gasteiger partial charge in [0, 0.05) is 6.42 Å². The summed E-state index contributed by atoms with van der Waals surface area (Å²) in [5, 5.41) is 11.3. The lowest BCUT2D eigenvalue weighted by Gasteiger charge is -2.19. The van der Waals surface area contributed by atoms with Crippen LogP contribution < -0.4 is 5.32 Å². The Morgan fingerprint density at radius 1 is 1.40 bits per heavy atom. The van der Waals surface area contributed by atoms with Gasteiger partial charge in [0.1, 0.15) is 5.60 Å². The van der Waals surface area contributed by atoms with Gasteiger partial charge in [0.05, 0.1) is 12.6 Å². The van der Waals surface area contributed by atoms with Gasteiger partial charge in [-0.3, -0.25) is 4.79 Å². The molecule has 0 radical (unpaired) electrons. The number of nitriles is 1. The molecule has 0 fully saturated rings. The van der Waals surface area contributed by atoms with Crippen LogP contribution in [0.1, 0.15) is 40.0 Å². The van der Waals surface area contributed by atoms with Gasteiger partial charge in [-0.2, -0.15) is 5.26 Å². The predicted octanol–water partition coefficient (Wildman–Crippen LogP) is 1.61. The van der Waals surface area contributed by atoms with E-state index < -0.39 is 5.60 Å². The zero-order valence-electron chi connectivity index (χ0n) is 9.80. The monoisotopic (exact) mass is 212 g/mol. The number of hydrogen-bond donors (Lipinski definition) is 1. The van der Waals surface area contributed by atoms with E-state index in [1.165, 1.54) is 0 Å². The lowest BCUT2D eigenvalue weighted by atomic mass is 10.2. The minimum absolute atomic E-state index is 0.234.